The number of nitrogens with zero attached hydrogens (tertiary/aromatic N) is 1. The van der Waals surface area contributed by atoms with E-state index in [9.17, 15) is 4.79 Å². The molecule has 0 unspecified atom stereocenters. The second-order valence-corrected chi connectivity index (χ2v) is 4.18. The van der Waals surface area contributed by atoms with Crippen LogP contribution in [-0.2, 0) is 4.74 Å². The van der Waals surface area contributed by atoms with Crippen LogP contribution in [0, 0.1) is 0 Å². The first-order valence-electron chi connectivity index (χ1n) is 4.95. The quantitative estimate of drug-likeness (QED) is 0.784. The molecule has 0 N–H and O–H groups in total. The van der Waals surface area contributed by atoms with Crippen LogP contribution in [0.2, 0.25) is 0 Å². The Balaban J connectivity index is 2.52. The molecule has 1 aromatic carbocycles. The van der Waals surface area contributed by atoms with Gasteiger partial charge >= 0.3 is 5.97 Å². The van der Waals surface area contributed by atoms with Crippen LogP contribution in [0.5, 0.6) is 5.19 Å². The molecule has 5 heteroatoms. The van der Waals surface area contributed by atoms with E-state index in [4.69, 9.17) is 9.47 Å². The zero-order valence-corrected chi connectivity index (χ0v) is 10.3. The first kappa shape index (κ1) is 11.6. The molecule has 0 aliphatic heterocycles. The molecule has 2 rings (SSSR count). The van der Waals surface area contributed by atoms with E-state index >= 15 is 0 Å². The topological polar surface area (TPSA) is 48.4 Å². The monoisotopic (exact) mass is 249 g/mol. The smallest absolute Gasteiger partial charge is 0.358 e. The summed E-state index contributed by atoms with van der Waals surface area (Å²) in [6.07, 6.45) is 0. The van der Waals surface area contributed by atoms with Gasteiger partial charge in [-0.15, -0.1) is 0 Å². The normalized spacial score (nSPS) is 10.0. The molecular weight excluding hydrogens is 238 g/mol. The van der Waals surface area contributed by atoms with Crippen molar-refractivity contribution in [3.63, 3.8) is 0 Å². The lowest BCUT2D eigenvalue weighted by Gasteiger charge is -1.99. The third-order valence-electron chi connectivity index (χ3n) is 2.20. The maximum atomic E-state index is 11.6. The molecule has 0 radical (unpaired) electrons. The number of ether oxygens (including phenoxy) is 2. The van der Waals surface area contributed by atoms with Gasteiger partial charge in [0.1, 0.15) is 0 Å². The minimum atomic E-state index is -0.455. The maximum Gasteiger partial charge on any atom is 0.358 e. The lowest BCUT2D eigenvalue weighted by atomic mass is 10.1. The molecule has 0 aliphatic rings. The third-order valence-corrected chi connectivity index (χ3v) is 3.26. The average molecular weight is 249 g/mol. The number of thiazole rings is 1. The summed E-state index contributed by atoms with van der Waals surface area (Å²) in [5, 5.41) is 0.448. The molecule has 0 amide bonds. The largest absolute Gasteiger partial charge is 0.473 e. The van der Waals surface area contributed by atoms with Gasteiger partial charge in [-0.05, 0) is 5.56 Å². The first-order valence-corrected chi connectivity index (χ1v) is 5.76. The summed E-state index contributed by atoms with van der Waals surface area (Å²) in [4.78, 5) is 16.5. The fraction of sp³-hybridized carbons (Fsp3) is 0.167. The molecular formula is C12H11NO3S. The van der Waals surface area contributed by atoms with Crippen molar-refractivity contribution in [2.75, 3.05) is 14.2 Å². The van der Waals surface area contributed by atoms with Gasteiger partial charge in [0.15, 0.2) is 5.69 Å². The van der Waals surface area contributed by atoms with Crippen LogP contribution in [0.15, 0.2) is 30.3 Å². The van der Waals surface area contributed by atoms with Crippen molar-refractivity contribution in [1.29, 1.82) is 0 Å². The fourth-order valence-corrected chi connectivity index (χ4v) is 2.28. The molecule has 0 atom stereocenters. The Morgan fingerprint density at radius 2 is 1.94 bits per heavy atom. The minimum Gasteiger partial charge on any atom is -0.473 e. The second kappa shape index (κ2) is 4.97. The maximum absolute atomic E-state index is 11.6. The zero-order chi connectivity index (χ0) is 12.3. The van der Waals surface area contributed by atoms with E-state index < -0.39 is 5.97 Å². The molecule has 0 saturated heterocycles. The molecule has 88 valence electrons. The SMILES string of the molecule is COC(=O)c1nc(OC)sc1-c1ccccc1. The standard InChI is InChI=1S/C12H11NO3S/c1-15-11(14)9-10(17-12(13-9)16-2)8-6-4-3-5-7-8/h3-7H,1-2H3. The lowest BCUT2D eigenvalue weighted by molar-refractivity contribution is 0.0595. The van der Waals surface area contributed by atoms with Crippen LogP contribution in [0.1, 0.15) is 10.5 Å². The highest BCUT2D eigenvalue weighted by molar-refractivity contribution is 7.17. The number of methoxy groups -OCH3 is 2. The number of carbonyl (C=O) groups excluding carboxylic acids is 1. The number of hydrogen-bond donors (Lipinski definition) is 0. The lowest BCUT2D eigenvalue weighted by Crippen LogP contribution is -2.03. The van der Waals surface area contributed by atoms with E-state index in [0.717, 1.165) is 10.4 Å². The zero-order valence-electron chi connectivity index (χ0n) is 9.47. The van der Waals surface area contributed by atoms with Gasteiger partial charge in [-0.25, -0.2) is 4.79 Å². The van der Waals surface area contributed by atoms with Crippen molar-refractivity contribution in [2.45, 2.75) is 0 Å². The minimum absolute atomic E-state index is 0.292. The molecule has 17 heavy (non-hydrogen) atoms. The summed E-state index contributed by atoms with van der Waals surface area (Å²) in [7, 11) is 2.86. The van der Waals surface area contributed by atoms with Crippen molar-refractivity contribution in [1.82, 2.24) is 4.98 Å². The molecule has 0 bridgehead atoms. The highest BCUT2D eigenvalue weighted by Gasteiger charge is 2.20. The highest BCUT2D eigenvalue weighted by Crippen LogP contribution is 2.34. The average Bonchev–Trinajstić information content (AvgIpc) is 2.83. The second-order valence-electron chi connectivity index (χ2n) is 3.22. The summed E-state index contributed by atoms with van der Waals surface area (Å²) in [5.41, 5.74) is 1.22. The van der Waals surface area contributed by atoms with E-state index in [-0.39, 0.29) is 0 Å². The number of benzene rings is 1. The van der Waals surface area contributed by atoms with E-state index in [1.165, 1.54) is 25.6 Å². The Hall–Kier alpha value is -1.88. The van der Waals surface area contributed by atoms with Crippen LogP contribution >= 0.6 is 11.3 Å². The number of hydrogen-bond acceptors (Lipinski definition) is 5. The van der Waals surface area contributed by atoms with Gasteiger partial charge in [0.2, 0.25) is 0 Å². The molecule has 4 nitrogen and oxygen atoms in total. The summed E-state index contributed by atoms with van der Waals surface area (Å²) in [6.45, 7) is 0. The van der Waals surface area contributed by atoms with Crippen LogP contribution in [0.3, 0.4) is 0 Å². The summed E-state index contributed by atoms with van der Waals surface area (Å²) >= 11 is 1.32. The van der Waals surface area contributed by atoms with Gasteiger partial charge in [-0.2, -0.15) is 4.98 Å². The van der Waals surface area contributed by atoms with E-state index in [2.05, 4.69) is 4.98 Å². The summed E-state index contributed by atoms with van der Waals surface area (Å²) in [5.74, 6) is -0.455. The van der Waals surface area contributed by atoms with Gasteiger partial charge in [0.25, 0.3) is 5.19 Å². The molecule has 2 aromatic rings. The number of rotatable bonds is 3. The molecule has 0 spiro atoms. The summed E-state index contributed by atoms with van der Waals surface area (Å²) in [6, 6.07) is 9.56. The third kappa shape index (κ3) is 2.29. The fourth-order valence-electron chi connectivity index (χ4n) is 1.41. The van der Waals surface area contributed by atoms with Crippen molar-refractivity contribution in [3.8, 4) is 15.6 Å². The molecule has 0 aliphatic carbocycles. The highest BCUT2D eigenvalue weighted by atomic mass is 32.1. The first-order chi connectivity index (χ1) is 8.26. The predicted molar refractivity (Wildman–Crippen MR) is 65.4 cm³/mol. The van der Waals surface area contributed by atoms with Gasteiger partial charge in [-0.1, -0.05) is 41.7 Å². The van der Waals surface area contributed by atoms with E-state index in [1.54, 1.807) is 0 Å². The Morgan fingerprint density at radius 3 is 2.53 bits per heavy atom. The van der Waals surface area contributed by atoms with Crippen molar-refractivity contribution in [3.05, 3.63) is 36.0 Å². The van der Waals surface area contributed by atoms with Crippen LogP contribution in [-0.4, -0.2) is 25.2 Å². The van der Waals surface area contributed by atoms with Gasteiger partial charge < -0.3 is 9.47 Å². The van der Waals surface area contributed by atoms with Crippen molar-refractivity contribution in [2.24, 2.45) is 0 Å². The van der Waals surface area contributed by atoms with Crippen LogP contribution in [0.4, 0.5) is 0 Å². The molecule has 0 fully saturated rings. The van der Waals surface area contributed by atoms with E-state index in [0.29, 0.717) is 10.9 Å². The van der Waals surface area contributed by atoms with Gasteiger partial charge in [-0.3, -0.25) is 0 Å². The van der Waals surface area contributed by atoms with Crippen LogP contribution < -0.4 is 4.74 Å². The van der Waals surface area contributed by atoms with E-state index in [1.807, 2.05) is 30.3 Å². The van der Waals surface area contributed by atoms with Crippen molar-refractivity contribution < 1.29 is 14.3 Å². The predicted octanol–water partition coefficient (Wildman–Crippen LogP) is 2.61. The molecule has 1 aromatic heterocycles. The van der Waals surface area contributed by atoms with Gasteiger partial charge in [0, 0.05) is 0 Å². The Labute approximate surface area is 103 Å². The number of carbonyl (C=O) groups is 1. The molecule has 0 saturated carbocycles. The number of aromatic nitrogens is 1. The Morgan fingerprint density at radius 1 is 1.24 bits per heavy atom. The van der Waals surface area contributed by atoms with Crippen molar-refractivity contribution >= 4 is 17.3 Å². The van der Waals surface area contributed by atoms with Gasteiger partial charge in [0.05, 0.1) is 19.1 Å². The Bertz CT molecular complexity index is 522. The molecule has 1 heterocycles. The number of esters is 1. The summed E-state index contributed by atoms with van der Waals surface area (Å²) < 4.78 is 9.76. The Kier molecular flexibility index (Phi) is 3.39. The van der Waals surface area contributed by atoms with Crippen LogP contribution in [0.25, 0.3) is 10.4 Å².